The Bertz CT molecular complexity index is 104. The van der Waals surface area contributed by atoms with E-state index in [0.29, 0.717) is 0 Å². The fourth-order valence-corrected chi connectivity index (χ4v) is 0.871. The number of hydrogen-bond acceptors (Lipinski definition) is 3. The maximum Gasteiger partial charge on any atom is 0.0818 e. The van der Waals surface area contributed by atoms with Crippen LogP contribution in [0.25, 0.3) is 0 Å². The number of nitrogens with zero attached hydrogens (tertiary/aromatic N) is 2. The first-order valence-electron chi connectivity index (χ1n) is 3.94. The van der Waals surface area contributed by atoms with Crippen molar-refractivity contribution < 1.29 is 5.11 Å². The summed E-state index contributed by atoms with van der Waals surface area (Å²) >= 11 is 0. The topological polar surface area (TPSA) is 26.7 Å². The minimum absolute atomic E-state index is 0.220. The Morgan fingerprint density at radius 1 is 1.18 bits per heavy atom. The van der Waals surface area contributed by atoms with Gasteiger partial charge in [0.2, 0.25) is 0 Å². The molecular formula is C8H20N2O. The van der Waals surface area contributed by atoms with Crippen LogP contribution < -0.4 is 0 Å². The van der Waals surface area contributed by atoms with Crippen LogP contribution >= 0.6 is 0 Å². The van der Waals surface area contributed by atoms with Crippen molar-refractivity contribution in [1.82, 2.24) is 9.80 Å². The van der Waals surface area contributed by atoms with Crippen molar-refractivity contribution in [2.24, 2.45) is 0 Å². The first-order chi connectivity index (χ1) is 4.95. The molecule has 0 heterocycles. The zero-order valence-electron chi connectivity index (χ0n) is 8.20. The minimum Gasteiger partial charge on any atom is -0.390 e. The second-order valence-corrected chi connectivity index (χ2v) is 3.53. The van der Waals surface area contributed by atoms with Crippen molar-refractivity contribution in [1.29, 1.82) is 0 Å². The van der Waals surface area contributed by atoms with Crippen LogP contribution in [0.2, 0.25) is 0 Å². The maximum absolute atomic E-state index is 9.58. The summed E-state index contributed by atoms with van der Waals surface area (Å²) in [6.45, 7) is 2.74. The Balaban J connectivity index is 3.73. The summed E-state index contributed by atoms with van der Waals surface area (Å²) in [5, 5.41) is 9.58. The van der Waals surface area contributed by atoms with Crippen LogP contribution in [0.3, 0.4) is 0 Å². The third kappa shape index (κ3) is 4.35. The second-order valence-electron chi connectivity index (χ2n) is 3.53. The molecule has 0 aliphatic rings. The van der Waals surface area contributed by atoms with E-state index in [9.17, 15) is 5.11 Å². The summed E-state index contributed by atoms with van der Waals surface area (Å²) < 4.78 is 0. The smallest absolute Gasteiger partial charge is 0.0818 e. The molecule has 0 aromatic heterocycles. The van der Waals surface area contributed by atoms with E-state index in [2.05, 4.69) is 0 Å². The van der Waals surface area contributed by atoms with Gasteiger partial charge in [0.05, 0.1) is 6.10 Å². The van der Waals surface area contributed by atoms with Gasteiger partial charge in [-0.15, -0.1) is 0 Å². The molecule has 2 atom stereocenters. The van der Waals surface area contributed by atoms with Gasteiger partial charge >= 0.3 is 0 Å². The summed E-state index contributed by atoms with van der Waals surface area (Å²) in [5.74, 6) is 0. The monoisotopic (exact) mass is 160 g/mol. The van der Waals surface area contributed by atoms with E-state index < -0.39 is 0 Å². The van der Waals surface area contributed by atoms with Crippen molar-refractivity contribution in [2.75, 3.05) is 34.7 Å². The van der Waals surface area contributed by atoms with E-state index in [-0.39, 0.29) is 12.1 Å². The van der Waals surface area contributed by atoms with Crippen LogP contribution in [-0.4, -0.2) is 61.8 Å². The summed E-state index contributed by atoms with van der Waals surface area (Å²) in [6.07, 6.45) is -0.264. The summed E-state index contributed by atoms with van der Waals surface area (Å²) in [6, 6.07) is 0.220. The fourth-order valence-electron chi connectivity index (χ4n) is 0.871. The van der Waals surface area contributed by atoms with Crippen LogP contribution in [0.1, 0.15) is 6.92 Å². The van der Waals surface area contributed by atoms with Gasteiger partial charge in [-0.25, -0.2) is 0 Å². The van der Waals surface area contributed by atoms with Crippen LogP contribution in [0, 0.1) is 0 Å². The molecule has 0 aromatic carbocycles. The summed E-state index contributed by atoms with van der Waals surface area (Å²) in [5.41, 5.74) is 0. The molecule has 1 N–H and O–H groups in total. The Labute approximate surface area is 69.6 Å². The number of aliphatic hydroxyl groups is 1. The SMILES string of the molecule is C[C@@H]([C@H](O)CN(C)C)N(C)C. The standard InChI is InChI=1S/C8H20N2O/c1-7(10(4)5)8(11)6-9(2)3/h7-8,11H,6H2,1-5H3/t7-,8+/m0/s1. The molecule has 3 nitrogen and oxygen atoms in total. The van der Waals surface area contributed by atoms with Crippen molar-refractivity contribution >= 4 is 0 Å². The van der Waals surface area contributed by atoms with E-state index in [1.54, 1.807) is 0 Å². The van der Waals surface area contributed by atoms with Gasteiger partial charge in [0.25, 0.3) is 0 Å². The highest BCUT2D eigenvalue weighted by Gasteiger charge is 2.15. The molecule has 0 bridgehead atoms. The quantitative estimate of drug-likeness (QED) is 0.620. The third-order valence-corrected chi connectivity index (χ3v) is 1.92. The molecule has 0 fully saturated rings. The predicted molar refractivity (Wildman–Crippen MR) is 47.7 cm³/mol. The van der Waals surface area contributed by atoms with Crippen molar-refractivity contribution in [3.63, 3.8) is 0 Å². The van der Waals surface area contributed by atoms with Crippen molar-refractivity contribution in [2.45, 2.75) is 19.1 Å². The van der Waals surface area contributed by atoms with Crippen LogP contribution in [0.4, 0.5) is 0 Å². The molecule has 68 valence electrons. The first kappa shape index (κ1) is 10.9. The third-order valence-electron chi connectivity index (χ3n) is 1.92. The number of likely N-dealkylation sites (N-methyl/N-ethyl adjacent to an activating group) is 2. The van der Waals surface area contributed by atoms with Gasteiger partial charge in [0.1, 0.15) is 0 Å². The normalized spacial score (nSPS) is 17.5. The first-order valence-corrected chi connectivity index (χ1v) is 3.94. The van der Waals surface area contributed by atoms with Crippen LogP contribution in [-0.2, 0) is 0 Å². The van der Waals surface area contributed by atoms with Gasteiger partial charge in [-0.1, -0.05) is 0 Å². The minimum atomic E-state index is -0.264. The van der Waals surface area contributed by atoms with E-state index in [1.807, 2.05) is 44.9 Å². The number of rotatable bonds is 4. The summed E-state index contributed by atoms with van der Waals surface area (Å²) in [4.78, 5) is 4.01. The fraction of sp³-hybridized carbons (Fsp3) is 1.00. The molecule has 0 rings (SSSR count). The van der Waals surface area contributed by atoms with Crippen molar-refractivity contribution in [3.8, 4) is 0 Å². The van der Waals surface area contributed by atoms with E-state index >= 15 is 0 Å². The maximum atomic E-state index is 9.58. The average Bonchev–Trinajstić information content (AvgIpc) is 1.84. The molecular weight excluding hydrogens is 140 g/mol. The number of hydrogen-bond donors (Lipinski definition) is 1. The highest BCUT2D eigenvalue weighted by Crippen LogP contribution is 1.99. The lowest BCUT2D eigenvalue weighted by molar-refractivity contribution is 0.0635. The van der Waals surface area contributed by atoms with Gasteiger partial charge in [0.15, 0.2) is 0 Å². The Hall–Kier alpha value is -0.120. The molecule has 0 aliphatic heterocycles. The molecule has 0 spiro atoms. The van der Waals surface area contributed by atoms with Gasteiger partial charge in [-0.05, 0) is 35.1 Å². The van der Waals surface area contributed by atoms with Crippen molar-refractivity contribution in [3.05, 3.63) is 0 Å². The van der Waals surface area contributed by atoms with Gasteiger partial charge < -0.3 is 14.9 Å². The molecule has 0 amide bonds. The van der Waals surface area contributed by atoms with Crippen LogP contribution in [0.5, 0.6) is 0 Å². The Morgan fingerprint density at radius 3 is 1.91 bits per heavy atom. The molecule has 11 heavy (non-hydrogen) atoms. The Morgan fingerprint density at radius 2 is 1.64 bits per heavy atom. The molecule has 0 unspecified atom stereocenters. The van der Waals surface area contributed by atoms with E-state index in [0.717, 1.165) is 6.54 Å². The second kappa shape index (κ2) is 4.70. The predicted octanol–water partition coefficient (Wildman–Crippen LogP) is -0.141. The highest BCUT2D eigenvalue weighted by molar-refractivity contribution is 4.71. The number of aliphatic hydroxyl groups excluding tert-OH is 1. The lowest BCUT2D eigenvalue weighted by Gasteiger charge is -2.27. The van der Waals surface area contributed by atoms with Crippen LogP contribution in [0.15, 0.2) is 0 Å². The lowest BCUT2D eigenvalue weighted by atomic mass is 10.1. The molecule has 3 heteroatoms. The molecule has 0 saturated heterocycles. The van der Waals surface area contributed by atoms with E-state index in [4.69, 9.17) is 0 Å². The molecule has 0 saturated carbocycles. The zero-order chi connectivity index (χ0) is 9.02. The highest BCUT2D eigenvalue weighted by atomic mass is 16.3. The largest absolute Gasteiger partial charge is 0.390 e. The van der Waals surface area contributed by atoms with Gasteiger partial charge in [-0.3, -0.25) is 0 Å². The lowest BCUT2D eigenvalue weighted by Crippen LogP contribution is -2.42. The molecule has 0 aliphatic carbocycles. The van der Waals surface area contributed by atoms with Gasteiger partial charge in [0, 0.05) is 12.6 Å². The van der Waals surface area contributed by atoms with Gasteiger partial charge in [-0.2, -0.15) is 0 Å². The Kier molecular flexibility index (Phi) is 4.65. The van der Waals surface area contributed by atoms with E-state index in [1.165, 1.54) is 0 Å². The molecule has 0 radical (unpaired) electrons. The zero-order valence-corrected chi connectivity index (χ0v) is 8.20. The average molecular weight is 160 g/mol. The molecule has 0 aromatic rings. The summed E-state index contributed by atoms with van der Waals surface area (Å²) in [7, 11) is 7.88.